The van der Waals surface area contributed by atoms with E-state index < -0.39 is 21.8 Å². The summed E-state index contributed by atoms with van der Waals surface area (Å²) in [6, 6.07) is 4.81. The second-order valence-electron chi connectivity index (χ2n) is 7.06. The van der Waals surface area contributed by atoms with Crippen molar-refractivity contribution < 1.29 is 18.0 Å². The van der Waals surface area contributed by atoms with Gasteiger partial charge in [0.1, 0.15) is 15.9 Å². The molecule has 1 aromatic heterocycles. The highest BCUT2D eigenvalue weighted by Crippen LogP contribution is 2.28. The van der Waals surface area contributed by atoms with Crippen molar-refractivity contribution in [1.82, 2.24) is 22.9 Å². The van der Waals surface area contributed by atoms with Crippen LogP contribution in [-0.2, 0) is 19.6 Å². The fourth-order valence-electron chi connectivity index (χ4n) is 3.89. The van der Waals surface area contributed by atoms with Crippen LogP contribution in [0.5, 0.6) is 0 Å². The summed E-state index contributed by atoms with van der Waals surface area (Å²) in [5.74, 6) is -1.04. The Morgan fingerprint density at radius 3 is 2.59 bits per heavy atom. The van der Waals surface area contributed by atoms with E-state index in [-0.39, 0.29) is 24.0 Å². The molecule has 2 amide bonds. The molecular formula is C18H21N5O4S2. The fourth-order valence-corrected chi connectivity index (χ4v) is 6.11. The minimum Gasteiger partial charge on any atom is -0.330 e. The number of amides is 2. The molecule has 0 unspecified atom stereocenters. The number of piperidine rings is 1. The Hall–Kier alpha value is -2.37. The third kappa shape index (κ3) is 3.53. The largest absolute Gasteiger partial charge is 0.330 e. The summed E-state index contributed by atoms with van der Waals surface area (Å²) in [7, 11) is -3.71. The number of carbonyl (C=O) groups is 2. The van der Waals surface area contributed by atoms with Crippen LogP contribution in [0.25, 0.3) is 11.0 Å². The summed E-state index contributed by atoms with van der Waals surface area (Å²) in [6.45, 7) is 5.46. The first-order chi connectivity index (χ1) is 13.9. The molecule has 2 aromatic rings. The van der Waals surface area contributed by atoms with Gasteiger partial charge >= 0.3 is 11.8 Å². The van der Waals surface area contributed by atoms with Gasteiger partial charge in [-0.1, -0.05) is 12.1 Å². The number of benzene rings is 1. The molecule has 2 saturated heterocycles. The van der Waals surface area contributed by atoms with E-state index in [1.54, 1.807) is 29.2 Å². The molecule has 2 aliphatic rings. The molecule has 0 bridgehead atoms. The van der Waals surface area contributed by atoms with Crippen LogP contribution in [0.3, 0.4) is 0 Å². The highest BCUT2D eigenvalue weighted by atomic mass is 32.2. The standard InChI is InChI=1S/C18H21N5O4S2/c1-2-8-21-11-12-23(18(25)17(21)24)13-6-9-22(10-7-13)29(26,27)15-5-3-4-14-16(15)20-28-19-14/h2-5,13H,1,6-12H2. The average molecular weight is 436 g/mol. The zero-order valence-corrected chi connectivity index (χ0v) is 17.4. The molecule has 11 heteroatoms. The number of hydrogen-bond acceptors (Lipinski definition) is 7. The van der Waals surface area contributed by atoms with Crippen LogP contribution in [0.4, 0.5) is 0 Å². The molecule has 0 spiro atoms. The molecule has 0 aliphatic carbocycles. The van der Waals surface area contributed by atoms with Gasteiger partial charge in [-0.15, -0.1) is 6.58 Å². The maximum absolute atomic E-state index is 13.1. The maximum atomic E-state index is 13.1. The molecule has 0 radical (unpaired) electrons. The van der Waals surface area contributed by atoms with E-state index in [1.165, 1.54) is 9.21 Å². The third-order valence-electron chi connectivity index (χ3n) is 5.42. The first-order valence-electron chi connectivity index (χ1n) is 9.35. The molecule has 0 N–H and O–H groups in total. The summed E-state index contributed by atoms with van der Waals surface area (Å²) in [5.41, 5.74) is 0.950. The molecule has 154 valence electrons. The van der Waals surface area contributed by atoms with E-state index in [1.807, 2.05) is 0 Å². The van der Waals surface area contributed by atoms with Gasteiger partial charge in [0.15, 0.2) is 0 Å². The van der Waals surface area contributed by atoms with Crippen LogP contribution < -0.4 is 0 Å². The monoisotopic (exact) mass is 435 g/mol. The topological polar surface area (TPSA) is 104 Å². The summed E-state index contributed by atoms with van der Waals surface area (Å²) in [6.07, 6.45) is 2.58. The summed E-state index contributed by atoms with van der Waals surface area (Å²) >= 11 is 0.984. The van der Waals surface area contributed by atoms with Crippen LogP contribution in [0, 0.1) is 0 Å². The fraction of sp³-hybridized carbons (Fsp3) is 0.444. The molecule has 2 fully saturated rings. The number of hydrogen-bond donors (Lipinski definition) is 0. The number of aromatic nitrogens is 2. The van der Waals surface area contributed by atoms with Crippen LogP contribution in [-0.4, -0.2) is 81.8 Å². The van der Waals surface area contributed by atoms with Crippen molar-refractivity contribution in [3.63, 3.8) is 0 Å². The van der Waals surface area contributed by atoms with Crippen molar-refractivity contribution in [1.29, 1.82) is 0 Å². The lowest BCUT2D eigenvalue weighted by atomic mass is 10.0. The molecule has 1 aromatic carbocycles. The van der Waals surface area contributed by atoms with Gasteiger partial charge in [-0.25, -0.2) is 8.42 Å². The second-order valence-corrected chi connectivity index (χ2v) is 9.50. The lowest BCUT2D eigenvalue weighted by Gasteiger charge is -2.41. The van der Waals surface area contributed by atoms with Crippen LogP contribution in [0.15, 0.2) is 35.7 Å². The Labute approximate surface area is 173 Å². The van der Waals surface area contributed by atoms with Crippen molar-refractivity contribution in [2.24, 2.45) is 0 Å². The third-order valence-corrected chi connectivity index (χ3v) is 7.90. The van der Waals surface area contributed by atoms with E-state index in [4.69, 9.17) is 0 Å². The lowest BCUT2D eigenvalue weighted by molar-refractivity contribution is -0.157. The molecule has 2 aliphatic heterocycles. The van der Waals surface area contributed by atoms with Gasteiger partial charge in [0.25, 0.3) is 0 Å². The van der Waals surface area contributed by atoms with Crippen LogP contribution >= 0.6 is 11.7 Å². The smallest absolute Gasteiger partial charge is 0.312 e. The predicted molar refractivity (Wildman–Crippen MR) is 108 cm³/mol. The van der Waals surface area contributed by atoms with Gasteiger partial charge in [-0.2, -0.15) is 13.1 Å². The first-order valence-corrected chi connectivity index (χ1v) is 11.5. The Morgan fingerprint density at radius 1 is 1.10 bits per heavy atom. The predicted octanol–water partition coefficient (Wildman–Crippen LogP) is 0.701. The molecule has 0 saturated carbocycles. The van der Waals surface area contributed by atoms with Crippen LogP contribution in [0.1, 0.15) is 12.8 Å². The highest BCUT2D eigenvalue weighted by Gasteiger charge is 2.39. The summed E-state index contributed by atoms with van der Waals surface area (Å²) in [4.78, 5) is 28.0. The Morgan fingerprint density at radius 2 is 1.86 bits per heavy atom. The first kappa shape index (κ1) is 19.9. The van der Waals surface area contributed by atoms with Crippen molar-refractivity contribution >= 4 is 44.6 Å². The highest BCUT2D eigenvalue weighted by molar-refractivity contribution is 7.89. The summed E-state index contributed by atoms with van der Waals surface area (Å²) < 4.78 is 35.9. The van der Waals surface area contributed by atoms with E-state index in [0.29, 0.717) is 43.5 Å². The number of carbonyl (C=O) groups excluding carboxylic acids is 2. The second kappa shape index (κ2) is 7.81. The van der Waals surface area contributed by atoms with Gasteiger partial charge in [0, 0.05) is 38.8 Å². The number of rotatable bonds is 5. The van der Waals surface area contributed by atoms with Gasteiger partial charge in [-0.3, -0.25) is 9.59 Å². The molecule has 3 heterocycles. The Bertz CT molecular complexity index is 1060. The van der Waals surface area contributed by atoms with Gasteiger partial charge in [0.2, 0.25) is 10.0 Å². The van der Waals surface area contributed by atoms with Crippen molar-refractivity contribution in [3.8, 4) is 0 Å². The van der Waals surface area contributed by atoms with E-state index in [0.717, 1.165) is 11.7 Å². The maximum Gasteiger partial charge on any atom is 0.312 e. The van der Waals surface area contributed by atoms with Crippen LogP contribution in [0.2, 0.25) is 0 Å². The Kier molecular flexibility index (Phi) is 5.36. The average Bonchev–Trinajstić information content (AvgIpc) is 3.20. The van der Waals surface area contributed by atoms with E-state index >= 15 is 0 Å². The SMILES string of the molecule is C=CCN1CCN(C2CCN(S(=O)(=O)c3cccc4nsnc34)CC2)C(=O)C1=O. The normalized spacial score (nSPS) is 19.9. The number of nitrogens with zero attached hydrogens (tertiary/aromatic N) is 5. The number of piperazine rings is 1. The molecule has 29 heavy (non-hydrogen) atoms. The molecule has 0 atom stereocenters. The van der Waals surface area contributed by atoms with Gasteiger partial charge < -0.3 is 9.80 Å². The minimum absolute atomic E-state index is 0.138. The van der Waals surface area contributed by atoms with Crippen molar-refractivity contribution in [3.05, 3.63) is 30.9 Å². The minimum atomic E-state index is -3.71. The van der Waals surface area contributed by atoms with Crippen molar-refractivity contribution in [2.75, 3.05) is 32.7 Å². The van der Waals surface area contributed by atoms with Gasteiger partial charge in [-0.05, 0) is 25.0 Å². The number of fused-ring (bicyclic) bond motifs is 1. The quantitative estimate of drug-likeness (QED) is 0.506. The van der Waals surface area contributed by atoms with E-state index in [9.17, 15) is 18.0 Å². The zero-order valence-electron chi connectivity index (χ0n) is 15.7. The molecule has 4 rings (SSSR count). The Balaban J connectivity index is 1.46. The van der Waals surface area contributed by atoms with E-state index in [2.05, 4.69) is 15.3 Å². The zero-order chi connectivity index (χ0) is 20.6. The molecular weight excluding hydrogens is 414 g/mol. The lowest BCUT2D eigenvalue weighted by Crippen LogP contribution is -2.59. The molecule has 9 nitrogen and oxygen atoms in total. The van der Waals surface area contributed by atoms with Crippen molar-refractivity contribution in [2.45, 2.75) is 23.8 Å². The number of sulfonamides is 1. The van der Waals surface area contributed by atoms with Gasteiger partial charge in [0.05, 0.1) is 11.7 Å². The summed E-state index contributed by atoms with van der Waals surface area (Å²) in [5, 5.41) is 0.